The number of hydrogen-bond acceptors (Lipinski definition) is 2. The van der Waals surface area contributed by atoms with Crippen LogP contribution in [0.5, 0.6) is 0 Å². The summed E-state index contributed by atoms with van der Waals surface area (Å²) < 4.78 is 0. The quantitative estimate of drug-likeness (QED) is 0.802. The first-order valence-electron chi connectivity index (χ1n) is 10.7. The van der Waals surface area contributed by atoms with Gasteiger partial charge in [-0.25, -0.2) is 0 Å². The molecule has 0 aromatic heterocycles. The molecule has 2 aliphatic heterocycles. The predicted molar refractivity (Wildman–Crippen MR) is 107 cm³/mol. The molecule has 1 aromatic rings. The highest BCUT2D eigenvalue weighted by atomic mass is 16.2. The molecule has 1 aliphatic carbocycles. The lowest BCUT2D eigenvalue weighted by Gasteiger charge is -2.54. The summed E-state index contributed by atoms with van der Waals surface area (Å²) >= 11 is 0. The molecule has 0 bridgehead atoms. The second-order valence-electron chi connectivity index (χ2n) is 9.03. The second kappa shape index (κ2) is 7.29. The van der Waals surface area contributed by atoms with Crippen LogP contribution in [0.15, 0.2) is 24.3 Å². The lowest BCUT2D eigenvalue weighted by atomic mass is 9.65. The Bertz CT molecular complexity index is 715. The molecular formula is C23H32N2O2. The summed E-state index contributed by atoms with van der Waals surface area (Å²) in [5, 5.41) is 0. The van der Waals surface area contributed by atoms with E-state index in [2.05, 4.69) is 23.6 Å². The highest BCUT2D eigenvalue weighted by Gasteiger charge is 2.55. The fraction of sp³-hybridized carbons (Fsp3) is 0.652. The topological polar surface area (TPSA) is 40.6 Å². The van der Waals surface area contributed by atoms with Gasteiger partial charge in [0.1, 0.15) is 0 Å². The first kappa shape index (κ1) is 18.5. The van der Waals surface area contributed by atoms with Gasteiger partial charge in [-0.2, -0.15) is 0 Å². The summed E-state index contributed by atoms with van der Waals surface area (Å²) in [5.41, 5.74) is 1.38. The molecule has 0 radical (unpaired) electrons. The minimum absolute atomic E-state index is 0.131. The fourth-order valence-corrected chi connectivity index (χ4v) is 5.57. The van der Waals surface area contributed by atoms with Crippen molar-refractivity contribution in [1.29, 1.82) is 0 Å². The zero-order chi connectivity index (χ0) is 19.0. The Morgan fingerprint density at radius 1 is 1.07 bits per heavy atom. The second-order valence-corrected chi connectivity index (χ2v) is 9.03. The molecule has 1 spiro atoms. The fourth-order valence-electron chi connectivity index (χ4n) is 5.57. The lowest BCUT2D eigenvalue weighted by molar-refractivity contribution is -0.137. The maximum atomic E-state index is 13.8. The molecule has 1 saturated heterocycles. The summed E-state index contributed by atoms with van der Waals surface area (Å²) in [7, 11) is 0. The van der Waals surface area contributed by atoms with Crippen molar-refractivity contribution in [2.24, 2.45) is 5.92 Å². The largest absolute Gasteiger partial charge is 0.342 e. The van der Waals surface area contributed by atoms with Crippen LogP contribution in [0.1, 0.15) is 80.6 Å². The standard InChI is InChI=1S/C23H32N2O2/c1-17(2)16-25-21(26)19-11-5-4-10-18(19)20(22(27)24-14-8-9-15-24)23(25)12-6-3-7-13-23/h4-5,10-11,17,20H,3,6-9,12-16H2,1-2H3/t20-/m1/s1. The van der Waals surface area contributed by atoms with Crippen LogP contribution >= 0.6 is 0 Å². The summed E-state index contributed by atoms with van der Waals surface area (Å²) in [6.07, 6.45) is 7.51. The van der Waals surface area contributed by atoms with E-state index in [0.29, 0.717) is 5.92 Å². The van der Waals surface area contributed by atoms with Gasteiger partial charge < -0.3 is 9.80 Å². The minimum Gasteiger partial charge on any atom is -0.342 e. The molecule has 27 heavy (non-hydrogen) atoms. The third-order valence-electron chi connectivity index (χ3n) is 6.75. The Morgan fingerprint density at radius 2 is 1.74 bits per heavy atom. The van der Waals surface area contributed by atoms with E-state index < -0.39 is 0 Å². The number of amides is 2. The monoisotopic (exact) mass is 368 g/mol. The van der Waals surface area contributed by atoms with Gasteiger partial charge in [0.25, 0.3) is 5.91 Å². The Morgan fingerprint density at radius 3 is 2.41 bits per heavy atom. The van der Waals surface area contributed by atoms with E-state index in [-0.39, 0.29) is 23.3 Å². The van der Waals surface area contributed by atoms with Gasteiger partial charge in [0.2, 0.25) is 5.91 Å². The zero-order valence-electron chi connectivity index (χ0n) is 16.7. The van der Waals surface area contributed by atoms with Gasteiger partial charge in [-0.05, 0) is 43.2 Å². The molecule has 3 aliphatic rings. The molecule has 1 atom stereocenters. The molecule has 4 nitrogen and oxygen atoms in total. The van der Waals surface area contributed by atoms with Crippen molar-refractivity contribution >= 4 is 11.8 Å². The van der Waals surface area contributed by atoms with Crippen LogP contribution in [0.25, 0.3) is 0 Å². The Balaban J connectivity index is 1.86. The molecule has 4 rings (SSSR count). The zero-order valence-corrected chi connectivity index (χ0v) is 16.7. The SMILES string of the molecule is CC(C)CN1C(=O)c2ccccc2[C@H](C(=O)N2CCCC2)C12CCCCC2. The Labute approximate surface area is 162 Å². The van der Waals surface area contributed by atoms with Crippen LogP contribution in [0, 0.1) is 5.92 Å². The summed E-state index contributed by atoms with van der Waals surface area (Å²) in [5.74, 6) is 0.568. The first-order valence-corrected chi connectivity index (χ1v) is 10.7. The number of rotatable bonds is 3. The van der Waals surface area contributed by atoms with Crippen LogP contribution < -0.4 is 0 Å². The number of carbonyl (C=O) groups excluding carboxylic acids is 2. The lowest BCUT2D eigenvalue weighted by Crippen LogP contribution is -2.63. The first-order chi connectivity index (χ1) is 13.0. The summed E-state index contributed by atoms with van der Waals surface area (Å²) in [4.78, 5) is 31.4. The van der Waals surface area contributed by atoms with Crippen LogP contribution in [-0.4, -0.2) is 46.8 Å². The maximum absolute atomic E-state index is 13.8. The third-order valence-corrected chi connectivity index (χ3v) is 6.75. The Kier molecular flexibility index (Phi) is 5.00. The molecule has 4 heteroatoms. The summed E-state index contributed by atoms with van der Waals surface area (Å²) in [6.45, 7) is 6.80. The van der Waals surface area contributed by atoms with Gasteiger partial charge in [-0.3, -0.25) is 9.59 Å². The van der Waals surface area contributed by atoms with Gasteiger partial charge in [-0.1, -0.05) is 51.3 Å². The summed E-state index contributed by atoms with van der Waals surface area (Å²) in [6, 6.07) is 7.88. The third kappa shape index (κ3) is 3.07. The van der Waals surface area contributed by atoms with E-state index in [4.69, 9.17) is 0 Å². The van der Waals surface area contributed by atoms with Crippen LogP contribution in [-0.2, 0) is 4.79 Å². The average Bonchev–Trinajstić information content (AvgIpc) is 3.21. The highest BCUT2D eigenvalue weighted by molar-refractivity contribution is 6.02. The molecule has 1 aromatic carbocycles. The molecular weight excluding hydrogens is 336 g/mol. The van der Waals surface area contributed by atoms with Crippen molar-refractivity contribution in [3.8, 4) is 0 Å². The molecule has 2 heterocycles. The van der Waals surface area contributed by atoms with E-state index in [9.17, 15) is 9.59 Å². The molecule has 146 valence electrons. The Hall–Kier alpha value is -1.84. The maximum Gasteiger partial charge on any atom is 0.254 e. The highest BCUT2D eigenvalue weighted by Crippen LogP contribution is 2.50. The minimum atomic E-state index is -0.340. The molecule has 1 saturated carbocycles. The van der Waals surface area contributed by atoms with Gasteiger partial charge in [0.15, 0.2) is 0 Å². The van der Waals surface area contributed by atoms with Gasteiger partial charge in [-0.15, -0.1) is 0 Å². The smallest absolute Gasteiger partial charge is 0.254 e. The molecule has 0 N–H and O–H groups in total. The van der Waals surface area contributed by atoms with Crippen molar-refractivity contribution in [2.45, 2.75) is 70.3 Å². The number of nitrogens with zero attached hydrogens (tertiary/aromatic N) is 2. The van der Waals surface area contributed by atoms with Gasteiger partial charge in [0.05, 0.1) is 11.5 Å². The van der Waals surface area contributed by atoms with Crippen LogP contribution in [0.3, 0.4) is 0 Å². The molecule has 2 fully saturated rings. The average molecular weight is 369 g/mol. The number of likely N-dealkylation sites (tertiary alicyclic amines) is 1. The van der Waals surface area contributed by atoms with E-state index >= 15 is 0 Å². The normalized spacial score (nSPS) is 24.6. The van der Waals surface area contributed by atoms with Crippen molar-refractivity contribution < 1.29 is 9.59 Å². The van der Waals surface area contributed by atoms with Crippen LogP contribution in [0.2, 0.25) is 0 Å². The predicted octanol–water partition coefficient (Wildman–Crippen LogP) is 4.21. The number of fused-ring (bicyclic) bond motifs is 1. The number of hydrogen-bond donors (Lipinski definition) is 0. The van der Waals surface area contributed by atoms with Crippen molar-refractivity contribution in [2.75, 3.05) is 19.6 Å². The van der Waals surface area contributed by atoms with Crippen molar-refractivity contribution in [1.82, 2.24) is 9.80 Å². The number of benzene rings is 1. The van der Waals surface area contributed by atoms with E-state index in [1.54, 1.807) is 0 Å². The van der Waals surface area contributed by atoms with E-state index in [0.717, 1.165) is 69.3 Å². The van der Waals surface area contributed by atoms with Crippen molar-refractivity contribution in [3.63, 3.8) is 0 Å². The molecule has 2 amide bonds. The van der Waals surface area contributed by atoms with Crippen molar-refractivity contribution in [3.05, 3.63) is 35.4 Å². The van der Waals surface area contributed by atoms with E-state index in [1.807, 2.05) is 24.3 Å². The number of carbonyl (C=O) groups is 2. The molecule has 0 unspecified atom stereocenters. The van der Waals surface area contributed by atoms with E-state index in [1.165, 1.54) is 6.42 Å². The van der Waals surface area contributed by atoms with Gasteiger partial charge >= 0.3 is 0 Å². The van der Waals surface area contributed by atoms with Gasteiger partial charge in [0, 0.05) is 25.2 Å². The van der Waals surface area contributed by atoms with Crippen LogP contribution in [0.4, 0.5) is 0 Å².